The van der Waals surface area contributed by atoms with Gasteiger partial charge >= 0.3 is 0 Å². The van der Waals surface area contributed by atoms with E-state index < -0.39 is 0 Å². The minimum Gasteiger partial charge on any atom is -0.373 e. The van der Waals surface area contributed by atoms with Crippen molar-refractivity contribution < 1.29 is 9.26 Å². The molecule has 5 unspecified atom stereocenters. The predicted octanol–water partition coefficient (Wildman–Crippen LogP) is 2.25. The van der Waals surface area contributed by atoms with Crippen LogP contribution in [0.25, 0.3) is 0 Å². The molecule has 0 radical (unpaired) electrons. The summed E-state index contributed by atoms with van der Waals surface area (Å²) < 4.78 is 10.9. The maximum absolute atomic E-state index is 6.31. The zero-order valence-corrected chi connectivity index (χ0v) is 11.9. The minimum atomic E-state index is -0.104. The number of ether oxygens (including phenoxy) is 1. The quantitative estimate of drug-likeness (QED) is 0.903. The highest BCUT2D eigenvalue weighted by Crippen LogP contribution is 2.51. The Labute approximate surface area is 113 Å². The molecule has 2 bridgehead atoms. The molecule has 5 heteroatoms. The number of aromatic nitrogens is 2. The van der Waals surface area contributed by atoms with Crippen molar-refractivity contribution in [2.24, 2.45) is 23.5 Å². The van der Waals surface area contributed by atoms with Gasteiger partial charge in [0.05, 0.1) is 5.92 Å². The molecule has 3 rings (SSSR count). The van der Waals surface area contributed by atoms with E-state index in [2.05, 4.69) is 24.0 Å². The van der Waals surface area contributed by atoms with Crippen molar-refractivity contribution in [3.05, 3.63) is 11.7 Å². The van der Waals surface area contributed by atoms with Crippen molar-refractivity contribution in [1.29, 1.82) is 0 Å². The average molecular weight is 265 g/mol. The lowest BCUT2D eigenvalue weighted by atomic mass is 9.85. The van der Waals surface area contributed by atoms with Crippen molar-refractivity contribution in [1.82, 2.24) is 10.1 Å². The predicted molar refractivity (Wildman–Crippen MR) is 70.4 cm³/mol. The molecule has 0 saturated heterocycles. The topological polar surface area (TPSA) is 74.2 Å². The van der Waals surface area contributed by atoms with Crippen molar-refractivity contribution >= 4 is 0 Å². The largest absolute Gasteiger partial charge is 0.373 e. The zero-order chi connectivity index (χ0) is 13.6. The molecule has 2 N–H and O–H groups in total. The Kier molecular flexibility index (Phi) is 3.35. The van der Waals surface area contributed by atoms with Crippen LogP contribution in [0.3, 0.4) is 0 Å². The van der Waals surface area contributed by atoms with Crippen LogP contribution in [0.1, 0.15) is 56.8 Å². The molecule has 19 heavy (non-hydrogen) atoms. The minimum absolute atomic E-state index is 0.104. The van der Waals surface area contributed by atoms with E-state index in [0.29, 0.717) is 23.6 Å². The van der Waals surface area contributed by atoms with Crippen LogP contribution < -0.4 is 5.73 Å². The van der Waals surface area contributed by atoms with E-state index >= 15 is 0 Å². The summed E-state index contributed by atoms with van der Waals surface area (Å²) in [6, 6.07) is 0.187. The number of methoxy groups -OCH3 is 1. The summed E-state index contributed by atoms with van der Waals surface area (Å²) in [5.74, 6) is 3.23. The van der Waals surface area contributed by atoms with Gasteiger partial charge in [0, 0.05) is 13.2 Å². The molecular weight excluding hydrogens is 242 g/mol. The summed E-state index contributed by atoms with van der Waals surface area (Å²) in [4.78, 5) is 4.57. The zero-order valence-electron chi connectivity index (χ0n) is 11.9. The van der Waals surface area contributed by atoms with Gasteiger partial charge in [-0.1, -0.05) is 19.0 Å². The van der Waals surface area contributed by atoms with Gasteiger partial charge in [-0.25, -0.2) is 0 Å². The van der Waals surface area contributed by atoms with Gasteiger partial charge in [0.2, 0.25) is 11.7 Å². The third-order valence-corrected chi connectivity index (χ3v) is 4.84. The summed E-state index contributed by atoms with van der Waals surface area (Å²) in [5, 5.41) is 4.10. The van der Waals surface area contributed by atoms with E-state index in [4.69, 9.17) is 15.0 Å². The number of fused-ring (bicyclic) bond motifs is 2. The summed E-state index contributed by atoms with van der Waals surface area (Å²) in [7, 11) is 1.68. The summed E-state index contributed by atoms with van der Waals surface area (Å²) >= 11 is 0. The Bertz CT molecular complexity index is 444. The van der Waals surface area contributed by atoms with Crippen LogP contribution >= 0.6 is 0 Å². The number of hydrogen-bond acceptors (Lipinski definition) is 5. The first-order valence-corrected chi connectivity index (χ1v) is 7.23. The lowest BCUT2D eigenvalue weighted by Gasteiger charge is -2.24. The van der Waals surface area contributed by atoms with Crippen molar-refractivity contribution in [2.45, 2.75) is 51.2 Å². The standard InChI is InChI=1S/C14H23N3O2/c1-7(2)12(18-3)13-16-14(19-17-13)10-8-4-5-9(6-8)11(10)15/h7-12H,4-6,15H2,1-3H3. The number of rotatable bonds is 4. The van der Waals surface area contributed by atoms with Crippen LogP contribution in [0.4, 0.5) is 0 Å². The second-order valence-corrected chi connectivity index (χ2v) is 6.33. The second-order valence-electron chi connectivity index (χ2n) is 6.33. The average Bonchev–Trinajstić information content (AvgIpc) is 3.04. The molecule has 5 nitrogen and oxygen atoms in total. The van der Waals surface area contributed by atoms with E-state index in [1.54, 1.807) is 7.11 Å². The van der Waals surface area contributed by atoms with Crippen LogP contribution in [-0.2, 0) is 4.74 Å². The molecule has 0 spiro atoms. The van der Waals surface area contributed by atoms with Gasteiger partial charge < -0.3 is 15.0 Å². The van der Waals surface area contributed by atoms with Crippen LogP contribution in [0.2, 0.25) is 0 Å². The highest BCUT2D eigenvalue weighted by molar-refractivity contribution is 5.12. The number of nitrogens with two attached hydrogens (primary N) is 1. The molecule has 1 aromatic heterocycles. The fraction of sp³-hybridized carbons (Fsp3) is 0.857. The highest BCUT2D eigenvalue weighted by atomic mass is 16.5. The van der Waals surface area contributed by atoms with E-state index in [9.17, 15) is 0 Å². The maximum atomic E-state index is 6.31. The van der Waals surface area contributed by atoms with Crippen molar-refractivity contribution in [2.75, 3.05) is 7.11 Å². The third-order valence-electron chi connectivity index (χ3n) is 4.84. The molecule has 1 heterocycles. The van der Waals surface area contributed by atoms with Gasteiger partial charge in [-0.3, -0.25) is 0 Å². The monoisotopic (exact) mass is 265 g/mol. The maximum Gasteiger partial charge on any atom is 0.231 e. The fourth-order valence-corrected chi connectivity index (χ4v) is 3.88. The molecular formula is C14H23N3O2. The molecule has 1 aromatic rings. The van der Waals surface area contributed by atoms with Gasteiger partial charge in [-0.05, 0) is 37.0 Å². The molecule has 106 valence electrons. The van der Waals surface area contributed by atoms with Crippen LogP contribution in [0, 0.1) is 17.8 Å². The summed E-state index contributed by atoms with van der Waals surface area (Å²) in [6.45, 7) is 4.18. The second kappa shape index (κ2) is 4.87. The molecule has 0 aliphatic heterocycles. The summed E-state index contributed by atoms with van der Waals surface area (Å²) in [5.41, 5.74) is 6.31. The molecule has 2 fully saturated rings. The molecule has 5 atom stereocenters. The first kappa shape index (κ1) is 13.1. The summed E-state index contributed by atoms with van der Waals surface area (Å²) in [6.07, 6.45) is 3.63. The van der Waals surface area contributed by atoms with E-state index in [0.717, 1.165) is 5.89 Å². The SMILES string of the molecule is COC(c1noc(C2C3CCC(C3)C2N)n1)C(C)C. The van der Waals surface area contributed by atoms with Crippen LogP contribution in [-0.4, -0.2) is 23.3 Å². The van der Waals surface area contributed by atoms with Crippen LogP contribution in [0.15, 0.2) is 4.52 Å². The molecule has 2 saturated carbocycles. The first-order chi connectivity index (χ1) is 9.11. The van der Waals surface area contributed by atoms with E-state index in [-0.39, 0.29) is 18.1 Å². The highest BCUT2D eigenvalue weighted by Gasteiger charge is 2.49. The Morgan fingerprint density at radius 3 is 2.63 bits per heavy atom. The number of nitrogens with zero attached hydrogens (tertiary/aromatic N) is 2. The third kappa shape index (κ3) is 2.09. The smallest absolute Gasteiger partial charge is 0.231 e. The molecule has 2 aliphatic rings. The lowest BCUT2D eigenvalue weighted by molar-refractivity contribution is 0.0555. The fourth-order valence-electron chi connectivity index (χ4n) is 3.88. The number of hydrogen-bond donors (Lipinski definition) is 1. The van der Waals surface area contributed by atoms with E-state index in [1.165, 1.54) is 19.3 Å². The Balaban J connectivity index is 1.82. The van der Waals surface area contributed by atoms with Crippen molar-refractivity contribution in [3.8, 4) is 0 Å². The van der Waals surface area contributed by atoms with Gasteiger partial charge in [-0.15, -0.1) is 0 Å². The normalized spacial score (nSPS) is 35.2. The van der Waals surface area contributed by atoms with Crippen LogP contribution in [0.5, 0.6) is 0 Å². The van der Waals surface area contributed by atoms with Crippen molar-refractivity contribution in [3.63, 3.8) is 0 Å². The Morgan fingerprint density at radius 1 is 1.32 bits per heavy atom. The Hall–Kier alpha value is -0.940. The molecule has 2 aliphatic carbocycles. The van der Waals surface area contributed by atoms with Gasteiger partial charge in [-0.2, -0.15) is 4.98 Å². The van der Waals surface area contributed by atoms with Gasteiger partial charge in [0.15, 0.2) is 0 Å². The van der Waals surface area contributed by atoms with Gasteiger partial charge in [0.1, 0.15) is 6.10 Å². The lowest BCUT2D eigenvalue weighted by Crippen LogP contribution is -2.34. The Morgan fingerprint density at radius 2 is 2.05 bits per heavy atom. The molecule has 0 aromatic carbocycles. The van der Waals surface area contributed by atoms with Gasteiger partial charge in [0.25, 0.3) is 0 Å². The van der Waals surface area contributed by atoms with E-state index in [1.807, 2.05) is 0 Å². The first-order valence-electron chi connectivity index (χ1n) is 7.23. The molecule has 0 amide bonds.